The second kappa shape index (κ2) is 12.2. The van der Waals surface area contributed by atoms with Crippen molar-refractivity contribution >= 4 is 29.1 Å². The predicted octanol–water partition coefficient (Wildman–Crippen LogP) is 2.25. The van der Waals surface area contributed by atoms with Crippen molar-refractivity contribution in [1.82, 2.24) is 10.6 Å². The molecule has 0 atom stereocenters. The molecule has 0 heterocycles. The molecule has 0 fully saturated rings. The lowest BCUT2D eigenvalue weighted by atomic mass is 10.2. The Labute approximate surface area is 176 Å². The van der Waals surface area contributed by atoms with Crippen LogP contribution in [0.25, 0.3) is 0 Å². The van der Waals surface area contributed by atoms with Crippen molar-refractivity contribution in [3.8, 4) is 0 Å². The first-order chi connectivity index (χ1) is 14.5. The van der Waals surface area contributed by atoms with E-state index in [1.165, 1.54) is 0 Å². The molecule has 0 saturated carbocycles. The average Bonchev–Trinajstić information content (AvgIpc) is 2.76. The molecular weight excluding hydrogens is 384 g/mol. The van der Waals surface area contributed by atoms with Gasteiger partial charge in [0.05, 0.1) is 6.54 Å². The summed E-state index contributed by atoms with van der Waals surface area (Å²) in [6.07, 6.45) is 0.753. The lowest BCUT2D eigenvalue weighted by molar-refractivity contribution is -0.114. The third kappa shape index (κ3) is 7.56. The molecule has 8 heteroatoms. The van der Waals surface area contributed by atoms with Gasteiger partial charge < -0.3 is 26.0 Å². The van der Waals surface area contributed by atoms with Gasteiger partial charge in [-0.1, -0.05) is 6.07 Å². The van der Waals surface area contributed by atoms with Crippen molar-refractivity contribution in [3.05, 3.63) is 59.7 Å². The Balaban J connectivity index is 1.81. The summed E-state index contributed by atoms with van der Waals surface area (Å²) in [7, 11) is 1.62. The zero-order valence-electron chi connectivity index (χ0n) is 17.3. The van der Waals surface area contributed by atoms with Crippen molar-refractivity contribution in [2.75, 3.05) is 44.0 Å². The van der Waals surface area contributed by atoms with E-state index in [1.807, 2.05) is 6.92 Å². The molecule has 8 nitrogen and oxygen atoms in total. The highest BCUT2D eigenvalue weighted by molar-refractivity contribution is 5.98. The van der Waals surface area contributed by atoms with E-state index in [1.54, 1.807) is 55.6 Å². The third-order valence-corrected chi connectivity index (χ3v) is 4.16. The van der Waals surface area contributed by atoms with E-state index in [-0.39, 0.29) is 24.3 Å². The number of amides is 3. The normalized spacial score (nSPS) is 10.2. The zero-order valence-corrected chi connectivity index (χ0v) is 17.3. The maximum atomic E-state index is 12.2. The fraction of sp³-hybridized carbons (Fsp3) is 0.318. The molecule has 0 aromatic heterocycles. The summed E-state index contributed by atoms with van der Waals surface area (Å²) in [5.41, 5.74) is 2.30. The quantitative estimate of drug-likeness (QED) is 0.424. The second-order valence-electron chi connectivity index (χ2n) is 6.52. The lowest BCUT2D eigenvalue weighted by Gasteiger charge is -2.10. The maximum absolute atomic E-state index is 12.2. The van der Waals surface area contributed by atoms with Crippen LogP contribution in [0.5, 0.6) is 0 Å². The number of methoxy groups -OCH3 is 1. The topological polar surface area (TPSA) is 109 Å². The molecule has 30 heavy (non-hydrogen) atoms. The minimum atomic E-state index is -0.247. The molecular formula is C22H28N4O4. The number of anilines is 2. The van der Waals surface area contributed by atoms with Gasteiger partial charge in [-0.15, -0.1) is 0 Å². The van der Waals surface area contributed by atoms with E-state index in [9.17, 15) is 14.4 Å². The second-order valence-corrected chi connectivity index (χ2v) is 6.52. The van der Waals surface area contributed by atoms with E-state index < -0.39 is 0 Å². The van der Waals surface area contributed by atoms with Crippen LogP contribution in [0.2, 0.25) is 0 Å². The molecule has 0 aliphatic heterocycles. The molecule has 0 bridgehead atoms. The van der Waals surface area contributed by atoms with Crippen LogP contribution in [0.3, 0.4) is 0 Å². The van der Waals surface area contributed by atoms with Crippen molar-refractivity contribution < 1.29 is 19.1 Å². The number of rotatable bonds is 11. The van der Waals surface area contributed by atoms with Gasteiger partial charge in [-0.25, -0.2) is 0 Å². The molecule has 2 aromatic carbocycles. The Morgan fingerprint density at radius 1 is 0.900 bits per heavy atom. The number of hydrogen-bond acceptors (Lipinski definition) is 5. The summed E-state index contributed by atoms with van der Waals surface area (Å²) in [4.78, 5) is 36.1. The first kappa shape index (κ1) is 22.9. The summed E-state index contributed by atoms with van der Waals surface area (Å²) in [5, 5.41) is 11.3. The first-order valence-electron chi connectivity index (χ1n) is 9.82. The van der Waals surface area contributed by atoms with E-state index in [4.69, 9.17) is 4.74 Å². The summed E-state index contributed by atoms with van der Waals surface area (Å²) in [6.45, 7) is 3.58. The summed E-state index contributed by atoms with van der Waals surface area (Å²) >= 11 is 0. The first-order valence-corrected chi connectivity index (χ1v) is 9.82. The van der Waals surface area contributed by atoms with Crippen LogP contribution in [0.1, 0.15) is 34.1 Å². The average molecular weight is 412 g/mol. The van der Waals surface area contributed by atoms with Gasteiger partial charge in [0, 0.05) is 49.3 Å². The highest BCUT2D eigenvalue weighted by atomic mass is 16.5. The van der Waals surface area contributed by atoms with Gasteiger partial charge in [0.1, 0.15) is 0 Å². The van der Waals surface area contributed by atoms with Crippen LogP contribution in [0.4, 0.5) is 11.4 Å². The Bertz CT molecular complexity index is 852. The molecule has 0 saturated heterocycles. The molecule has 0 spiro atoms. The van der Waals surface area contributed by atoms with E-state index in [2.05, 4.69) is 21.3 Å². The van der Waals surface area contributed by atoms with E-state index >= 15 is 0 Å². The van der Waals surface area contributed by atoms with Crippen molar-refractivity contribution in [1.29, 1.82) is 0 Å². The largest absolute Gasteiger partial charge is 0.385 e. The number of carbonyl (C=O) groups excluding carboxylic acids is 3. The van der Waals surface area contributed by atoms with Crippen LogP contribution in [-0.2, 0) is 9.53 Å². The smallest absolute Gasteiger partial charge is 0.251 e. The van der Waals surface area contributed by atoms with Gasteiger partial charge in [0.15, 0.2) is 0 Å². The maximum Gasteiger partial charge on any atom is 0.251 e. The molecule has 3 amide bonds. The van der Waals surface area contributed by atoms with Gasteiger partial charge in [-0.05, 0) is 55.8 Å². The fourth-order valence-electron chi connectivity index (χ4n) is 2.65. The summed E-state index contributed by atoms with van der Waals surface area (Å²) in [5.74, 6) is -0.583. The molecule has 0 radical (unpaired) electrons. The van der Waals surface area contributed by atoms with Crippen LogP contribution >= 0.6 is 0 Å². The Kier molecular flexibility index (Phi) is 9.33. The number of benzene rings is 2. The monoisotopic (exact) mass is 412 g/mol. The number of hydrogen-bond donors (Lipinski definition) is 4. The summed E-state index contributed by atoms with van der Waals surface area (Å²) in [6, 6.07) is 13.6. The van der Waals surface area contributed by atoms with Crippen LogP contribution in [0, 0.1) is 0 Å². The zero-order chi connectivity index (χ0) is 21.8. The third-order valence-electron chi connectivity index (χ3n) is 4.16. The highest BCUT2D eigenvalue weighted by Gasteiger charge is 2.08. The highest BCUT2D eigenvalue weighted by Crippen LogP contribution is 2.12. The number of carbonyl (C=O) groups is 3. The molecule has 160 valence electrons. The Morgan fingerprint density at radius 3 is 2.33 bits per heavy atom. The van der Waals surface area contributed by atoms with Crippen LogP contribution in [0.15, 0.2) is 48.5 Å². The fourth-order valence-corrected chi connectivity index (χ4v) is 2.65. The molecule has 2 aromatic rings. The van der Waals surface area contributed by atoms with Crippen molar-refractivity contribution in [2.45, 2.75) is 13.3 Å². The lowest BCUT2D eigenvalue weighted by Crippen LogP contribution is -2.25. The molecule has 2 rings (SSSR count). The van der Waals surface area contributed by atoms with E-state index in [0.717, 1.165) is 12.1 Å². The van der Waals surface area contributed by atoms with Gasteiger partial charge in [-0.3, -0.25) is 14.4 Å². The van der Waals surface area contributed by atoms with Gasteiger partial charge in [-0.2, -0.15) is 0 Å². The number of ether oxygens (including phenoxy) is 1. The minimum Gasteiger partial charge on any atom is -0.385 e. The van der Waals surface area contributed by atoms with Crippen molar-refractivity contribution in [3.63, 3.8) is 0 Å². The van der Waals surface area contributed by atoms with Gasteiger partial charge in [0.2, 0.25) is 5.91 Å². The molecule has 0 unspecified atom stereocenters. The van der Waals surface area contributed by atoms with Crippen LogP contribution in [-0.4, -0.2) is 51.1 Å². The van der Waals surface area contributed by atoms with Crippen LogP contribution < -0.4 is 21.3 Å². The van der Waals surface area contributed by atoms with E-state index in [0.29, 0.717) is 36.5 Å². The standard InChI is InChI=1S/C22H28N4O4/c1-3-23-22(29)17-6-4-7-19(14-17)26-20(27)15-25-18-10-8-16(9-11-18)21(28)24-12-5-13-30-2/h4,6-11,14,25H,3,5,12-13,15H2,1-2H3,(H,23,29)(H,24,28)(H,26,27). The Hall–Kier alpha value is -3.39. The molecule has 0 aliphatic carbocycles. The molecule has 0 aliphatic rings. The SMILES string of the molecule is CCNC(=O)c1cccc(NC(=O)CNc2ccc(C(=O)NCCCOC)cc2)c1. The Morgan fingerprint density at radius 2 is 1.63 bits per heavy atom. The minimum absolute atomic E-state index is 0.0495. The summed E-state index contributed by atoms with van der Waals surface area (Å²) < 4.78 is 4.94. The number of nitrogens with one attached hydrogen (secondary N) is 4. The van der Waals surface area contributed by atoms with Gasteiger partial charge in [0.25, 0.3) is 11.8 Å². The molecule has 4 N–H and O–H groups in total. The predicted molar refractivity (Wildman–Crippen MR) is 117 cm³/mol. The van der Waals surface area contributed by atoms with Crippen molar-refractivity contribution in [2.24, 2.45) is 0 Å². The van der Waals surface area contributed by atoms with Gasteiger partial charge >= 0.3 is 0 Å².